The summed E-state index contributed by atoms with van der Waals surface area (Å²) >= 11 is 3.41. The highest BCUT2D eigenvalue weighted by molar-refractivity contribution is 8.03. The third-order valence-electron chi connectivity index (χ3n) is 3.22. The molecule has 1 fully saturated rings. The molecule has 0 saturated carbocycles. The summed E-state index contributed by atoms with van der Waals surface area (Å²) in [6, 6.07) is 11.3. The number of hydrogen-bond donors (Lipinski definition) is 0. The Morgan fingerprint density at radius 2 is 2.10 bits per heavy atom. The molecular weight excluding hydrogens is 302 g/mol. The Hall–Kier alpha value is -1.72. The van der Waals surface area contributed by atoms with Gasteiger partial charge in [0.2, 0.25) is 0 Å². The molecule has 1 aliphatic rings. The summed E-state index contributed by atoms with van der Waals surface area (Å²) in [6.45, 7) is 0.757. The highest BCUT2D eigenvalue weighted by atomic mass is 32.2. The fourth-order valence-electron chi connectivity index (χ4n) is 2.14. The maximum Gasteiger partial charge on any atom is 0.258 e. The molecule has 1 aliphatic heterocycles. The maximum absolute atomic E-state index is 12.6. The molecule has 1 saturated heterocycles. The Morgan fingerprint density at radius 1 is 1.29 bits per heavy atom. The zero-order chi connectivity index (χ0) is 14.7. The lowest BCUT2D eigenvalue weighted by molar-refractivity contribution is 0.0831. The van der Waals surface area contributed by atoms with Crippen molar-refractivity contribution < 1.29 is 9.53 Å². The van der Waals surface area contributed by atoms with Gasteiger partial charge in [0.25, 0.3) is 5.91 Å². The van der Waals surface area contributed by atoms with Crippen molar-refractivity contribution in [2.75, 3.05) is 19.4 Å². The fraction of sp³-hybridized carbons (Fsp3) is 0.188. The van der Waals surface area contributed by atoms with E-state index in [2.05, 4.69) is 12.1 Å². The SMILES string of the molecule is COc1ccc(C(=O)N2CCS/C2=C/c2cccs2)cc1. The van der Waals surface area contributed by atoms with Crippen molar-refractivity contribution in [2.45, 2.75) is 0 Å². The molecule has 1 amide bonds. The van der Waals surface area contributed by atoms with Gasteiger partial charge in [-0.25, -0.2) is 0 Å². The first-order chi connectivity index (χ1) is 10.3. The first-order valence-corrected chi connectivity index (χ1v) is 8.48. The fourth-order valence-corrected chi connectivity index (χ4v) is 3.88. The normalized spacial score (nSPS) is 16.4. The standard InChI is InChI=1S/C16H15NO2S2/c1-19-13-6-4-12(5-7-13)16(18)17-8-10-21-15(17)11-14-3-2-9-20-14/h2-7,9,11H,8,10H2,1H3/b15-11+. The van der Waals surface area contributed by atoms with Gasteiger partial charge in [-0.2, -0.15) is 0 Å². The van der Waals surface area contributed by atoms with E-state index in [1.54, 1.807) is 30.2 Å². The number of thioether (sulfide) groups is 1. The highest BCUT2D eigenvalue weighted by Crippen LogP contribution is 2.32. The summed E-state index contributed by atoms with van der Waals surface area (Å²) < 4.78 is 5.13. The number of amides is 1. The van der Waals surface area contributed by atoms with E-state index in [1.165, 1.54) is 4.88 Å². The van der Waals surface area contributed by atoms with E-state index < -0.39 is 0 Å². The molecule has 0 aliphatic carbocycles. The number of rotatable bonds is 3. The summed E-state index contributed by atoms with van der Waals surface area (Å²) in [7, 11) is 1.62. The summed E-state index contributed by atoms with van der Waals surface area (Å²) in [5.41, 5.74) is 0.690. The molecule has 3 nitrogen and oxygen atoms in total. The number of ether oxygens (including phenoxy) is 1. The van der Waals surface area contributed by atoms with Crippen molar-refractivity contribution >= 4 is 35.1 Å². The lowest BCUT2D eigenvalue weighted by atomic mass is 10.2. The van der Waals surface area contributed by atoms with Gasteiger partial charge in [0.05, 0.1) is 12.1 Å². The number of nitrogens with zero attached hydrogens (tertiary/aromatic N) is 1. The number of carbonyl (C=O) groups is 1. The van der Waals surface area contributed by atoms with Crippen molar-refractivity contribution in [1.29, 1.82) is 0 Å². The minimum absolute atomic E-state index is 0.0467. The first kappa shape index (κ1) is 14.2. The second-order valence-corrected chi connectivity index (χ2v) is 6.63. The van der Waals surface area contributed by atoms with Crippen LogP contribution in [0.3, 0.4) is 0 Å². The van der Waals surface area contributed by atoms with Crippen LogP contribution in [0.15, 0.2) is 46.8 Å². The van der Waals surface area contributed by atoms with Crippen molar-refractivity contribution in [3.63, 3.8) is 0 Å². The van der Waals surface area contributed by atoms with Gasteiger partial charge in [-0.15, -0.1) is 23.1 Å². The first-order valence-electron chi connectivity index (χ1n) is 6.62. The van der Waals surface area contributed by atoms with Gasteiger partial charge in [0, 0.05) is 22.7 Å². The van der Waals surface area contributed by atoms with Crippen LogP contribution in [0, 0.1) is 0 Å². The third kappa shape index (κ3) is 3.14. The average Bonchev–Trinajstić information content (AvgIpc) is 3.19. The molecule has 0 N–H and O–H groups in total. The van der Waals surface area contributed by atoms with Crippen LogP contribution in [0.5, 0.6) is 5.75 Å². The van der Waals surface area contributed by atoms with Crippen LogP contribution < -0.4 is 4.74 Å². The smallest absolute Gasteiger partial charge is 0.258 e. The topological polar surface area (TPSA) is 29.5 Å². The Morgan fingerprint density at radius 3 is 2.76 bits per heavy atom. The minimum atomic E-state index is 0.0467. The van der Waals surface area contributed by atoms with E-state index in [0.29, 0.717) is 5.56 Å². The van der Waals surface area contributed by atoms with Crippen LogP contribution in [0.2, 0.25) is 0 Å². The van der Waals surface area contributed by atoms with Crippen molar-refractivity contribution in [2.24, 2.45) is 0 Å². The molecular formula is C16H15NO2S2. The van der Waals surface area contributed by atoms with E-state index in [-0.39, 0.29) is 5.91 Å². The zero-order valence-corrected chi connectivity index (χ0v) is 13.2. The Kier molecular flexibility index (Phi) is 4.31. The molecule has 5 heteroatoms. The number of thiophene rings is 1. The summed E-state index contributed by atoms with van der Waals surface area (Å²) in [4.78, 5) is 15.6. The molecule has 0 unspecified atom stereocenters. The van der Waals surface area contributed by atoms with Gasteiger partial charge in [0.1, 0.15) is 5.75 Å². The second-order valence-electron chi connectivity index (χ2n) is 4.53. The summed E-state index contributed by atoms with van der Waals surface area (Å²) in [5, 5.41) is 3.07. The number of hydrogen-bond acceptors (Lipinski definition) is 4. The highest BCUT2D eigenvalue weighted by Gasteiger charge is 2.25. The summed E-state index contributed by atoms with van der Waals surface area (Å²) in [5.74, 6) is 1.75. The van der Waals surface area contributed by atoms with Gasteiger partial charge < -0.3 is 9.64 Å². The molecule has 3 rings (SSSR count). The Balaban J connectivity index is 1.82. The predicted octanol–water partition coefficient (Wildman–Crippen LogP) is 3.94. The van der Waals surface area contributed by atoms with Crippen LogP contribution >= 0.6 is 23.1 Å². The molecule has 1 aromatic carbocycles. The van der Waals surface area contributed by atoms with E-state index in [1.807, 2.05) is 40.6 Å². The molecule has 2 heterocycles. The molecule has 0 atom stereocenters. The molecule has 0 bridgehead atoms. The molecule has 0 spiro atoms. The monoisotopic (exact) mass is 317 g/mol. The van der Waals surface area contributed by atoms with Crippen LogP contribution in [-0.2, 0) is 0 Å². The van der Waals surface area contributed by atoms with Gasteiger partial charge in [0.15, 0.2) is 0 Å². The Labute approximate surface area is 132 Å². The summed E-state index contributed by atoms with van der Waals surface area (Å²) in [6.07, 6.45) is 2.09. The van der Waals surface area contributed by atoms with Crippen molar-refractivity contribution in [3.8, 4) is 5.75 Å². The van der Waals surface area contributed by atoms with Crippen molar-refractivity contribution in [1.82, 2.24) is 4.90 Å². The largest absolute Gasteiger partial charge is 0.497 e. The van der Waals surface area contributed by atoms with Crippen molar-refractivity contribution in [3.05, 3.63) is 57.2 Å². The average molecular weight is 317 g/mol. The Bertz CT molecular complexity index is 647. The van der Waals surface area contributed by atoms with Crippen LogP contribution in [0.25, 0.3) is 6.08 Å². The predicted molar refractivity (Wildman–Crippen MR) is 88.8 cm³/mol. The van der Waals surface area contributed by atoms with Crippen LogP contribution in [0.4, 0.5) is 0 Å². The molecule has 2 aromatic rings. The van der Waals surface area contributed by atoms with Gasteiger partial charge in [-0.1, -0.05) is 6.07 Å². The quantitative estimate of drug-likeness (QED) is 0.858. The van der Waals surface area contributed by atoms with E-state index in [9.17, 15) is 4.79 Å². The number of carbonyl (C=O) groups excluding carboxylic acids is 1. The van der Waals surface area contributed by atoms with Gasteiger partial charge in [-0.3, -0.25) is 4.79 Å². The van der Waals surface area contributed by atoms with Crippen LogP contribution in [-0.4, -0.2) is 30.2 Å². The lowest BCUT2D eigenvalue weighted by Gasteiger charge is -2.17. The second kappa shape index (κ2) is 6.37. The molecule has 108 valence electrons. The van der Waals surface area contributed by atoms with E-state index in [0.717, 1.165) is 23.1 Å². The zero-order valence-electron chi connectivity index (χ0n) is 11.6. The van der Waals surface area contributed by atoms with Gasteiger partial charge >= 0.3 is 0 Å². The minimum Gasteiger partial charge on any atom is -0.497 e. The molecule has 21 heavy (non-hydrogen) atoms. The number of methoxy groups -OCH3 is 1. The maximum atomic E-state index is 12.6. The van der Waals surface area contributed by atoms with Crippen LogP contribution in [0.1, 0.15) is 15.2 Å². The lowest BCUT2D eigenvalue weighted by Crippen LogP contribution is -2.26. The molecule has 1 aromatic heterocycles. The van der Waals surface area contributed by atoms with E-state index in [4.69, 9.17) is 4.74 Å². The van der Waals surface area contributed by atoms with Gasteiger partial charge in [-0.05, 0) is 41.8 Å². The van der Waals surface area contributed by atoms with E-state index >= 15 is 0 Å². The third-order valence-corrected chi connectivity index (χ3v) is 5.06. The number of benzene rings is 1. The molecule has 0 radical (unpaired) electrons.